The van der Waals surface area contributed by atoms with Gasteiger partial charge in [0.1, 0.15) is 0 Å². The van der Waals surface area contributed by atoms with Gasteiger partial charge in [0, 0.05) is 5.02 Å². The van der Waals surface area contributed by atoms with Crippen molar-refractivity contribution in [1.82, 2.24) is 4.94 Å². The van der Waals surface area contributed by atoms with Crippen molar-refractivity contribution in [1.29, 1.82) is 0 Å². The smallest absolute Gasteiger partial charge is 0.0503 e. The number of aryl methyl sites for hydroxylation is 1. The molecule has 60 valence electrons. The second kappa shape index (κ2) is 3.81. The molecule has 0 atom stereocenters. The Labute approximate surface area is 75.6 Å². The van der Waals surface area contributed by atoms with Gasteiger partial charge in [-0.2, -0.15) is 0 Å². The van der Waals surface area contributed by atoms with Gasteiger partial charge in [0.25, 0.3) is 0 Å². The molecule has 4 heteroatoms. The van der Waals surface area contributed by atoms with Gasteiger partial charge in [-0.3, -0.25) is 0 Å². The van der Waals surface area contributed by atoms with Crippen LogP contribution in [-0.4, -0.2) is 0 Å². The van der Waals surface area contributed by atoms with Gasteiger partial charge in [-0.05, 0) is 42.5 Å². The number of rotatable bonds is 2. The molecule has 1 rings (SSSR count). The molecule has 0 heterocycles. The second-order valence-electron chi connectivity index (χ2n) is 2.18. The van der Waals surface area contributed by atoms with Crippen LogP contribution in [0.4, 0.5) is 5.69 Å². The third-order valence-corrected chi connectivity index (χ3v) is 1.87. The van der Waals surface area contributed by atoms with Crippen molar-refractivity contribution in [3.63, 3.8) is 0 Å². The monoisotopic (exact) mass is 190 g/mol. The fraction of sp³-hybridized carbons (Fsp3) is 0.143. The Morgan fingerprint density at radius 1 is 1.36 bits per heavy atom. The second-order valence-corrected chi connectivity index (χ2v) is 2.78. The number of hydrazine groups is 1. The average molecular weight is 191 g/mol. The number of hydrogen-bond acceptors (Lipinski definition) is 2. The largest absolute Gasteiger partial charge is 0.308 e. The molecular formula is C7H8Cl2N2. The third-order valence-electron chi connectivity index (χ3n) is 1.35. The Balaban J connectivity index is 2.86. The number of benzene rings is 1. The number of anilines is 1. The van der Waals surface area contributed by atoms with Crippen molar-refractivity contribution >= 4 is 29.1 Å². The average Bonchev–Trinajstić information content (AvgIpc) is 1.98. The van der Waals surface area contributed by atoms with Crippen molar-refractivity contribution in [2.75, 3.05) is 5.43 Å². The molecule has 0 amide bonds. The van der Waals surface area contributed by atoms with Crippen molar-refractivity contribution in [2.45, 2.75) is 6.92 Å². The maximum absolute atomic E-state index is 5.80. The molecule has 0 aliphatic rings. The standard InChI is InChI=1S/C7H8Cl2N2/c1-5-4-6(10-11-9)2-3-7(5)8/h2-4,10-11H,1H3. The Kier molecular flexibility index (Phi) is 3.00. The van der Waals surface area contributed by atoms with E-state index in [0.29, 0.717) is 0 Å². The minimum absolute atomic E-state index is 0.755. The molecule has 0 bridgehead atoms. The first-order chi connectivity index (χ1) is 5.24. The maximum Gasteiger partial charge on any atom is 0.0503 e. The Hall–Kier alpha value is -0.440. The normalized spacial score (nSPS) is 9.73. The van der Waals surface area contributed by atoms with Crippen LogP contribution in [0.5, 0.6) is 0 Å². The van der Waals surface area contributed by atoms with Crippen molar-refractivity contribution in [3.05, 3.63) is 28.8 Å². The fourth-order valence-electron chi connectivity index (χ4n) is 0.777. The van der Waals surface area contributed by atoms with Crippen LogP contribution in [0, 0.1) is 6.92 Å². The Morgan fingerprint density at radius 3 is 2.64 bits per heavy atom. The van der Waals surface area contributed by atoms with E-state index in [1.807, 2.05) is 25.1 Å². The van der Waals surface area contributed by atoms with Crippen LogP contribution < -0.4 is 10.4 Å². The molecule has 0 aliphatic heterocycles. The highest BCUT2D eigenvalue weighted by Gasteiger charge is 1.95. The van der Waals surface area contributed by atoms with Crippen LogP contribution in [0.2, 0.25) is 5.02 Å². The highest BCUT2D eigenvalue weighted by molar-refractivity contribution is 6.31. The predicted octanol–water partition coefficient (Wildman–Crippen LogP) is 2.72. The fourth-order valence-corrected chi connectivity index (χ4v) is 1.00. The summed E-state index contributed by atoms with van der Waals surface area (Å²) in [5.74, 6) is 0. The summed E-state index contributed by atoms with van der Waals surface area (Å²) in [6.07, 6.45) is 0. The minimum Gasteiger partial charge on any atom is -0.308 e. The predicted molar refractivity (Wildman–Crippen MR) is 48.8 cm³/mol. The van der Waals surface area contributed by atoms with Crippen molar-refractivity contribution < 1.29 is 0 Å². The van der Waals surface area contributed by atoms with Gasteiger partial charge >= 0.3 is 0 Å². The summed E-state index contributed by atoms with van der Waals surface area (Å²) in [4.78, 5) is 2.31. The molecule has 0 aliphatic carbocycles. The van der Waals surface area contributed by atoms with Crippen LogP contribution >= 0.6 is 23.4 Å². The van der Waals surface area contributed by atoms with Gasteiger partial charge in [-0.1, -0.05) is 11.6 Å². The molecule has 1 aromatic rings. The molecule has 0 saturated heterocycles. The molecule has 2 N–H and O–H groups in total. The highest BCUT2D eigenvalue weighted by Crippen LogP contribution is 2.18. The van der Waals surface area contributed by atoms with Crippen LogP contribution in [0.1, 0.15) is 5.56 Å². The van der Waals surface area contributed by atoms with E-state index in [-0.39, 0.29) is 0 Å². The SMILES string of the molecule is Cc1cc(NNCl)ccc1Cl. The van der Waals surface area contributed by atoms with E-state index >= 15 is 0 Å². The summed E-state index contributed by atoms with van der Waals surface area (Å²) < 4.78 is 0. The van der Waals surface area contributed by atoms with E-state index < -0.39 is 0 Å². The number of nitrogens with one attached hydrogen (secondary N) is 2. The molecule has 0 spiro atoms. The minimum atomic E-state index is 0.755. The van der Waals surface area contributed by atoms with Crippen molar-refractivity contribution in [2.24, 2.45) is 0 Å². The summed E-state index contributed by atoms with van der Waals surface area (Å²) in [6, 6.07) is 5.55. The zero-order valence-corrected chi connectivity index (χ0v) is 7.50. The molecule has 0 radical (unpaired) electrons. The summed E-state index contributed by atoms with van der Waals surface area (Å²) in [5.41, 5.74) is 4.64. The molecule has 0 unspecified atom stereocenters. The molecule has 0 aromatic heterocycles. The lowest BCUT2D eigenvalue weighted by Crippen LogP contribution is -2.08. The van der Waals surface area contributed by atoms with Crippen LogP contribution in [0.3, 0.4) is 0 Å². The number of hydrogen-bond donors (Lipinski definition) is 2. The van der Waals surface area contributed by atoms with Crippen molar-refractivity contribution in [3.8, 4) is 0 Å². The van der Waals surface area contributed by atoms with Gasteiger partial charge in [0.2, 0.25) is 0 Å². The maximum atomic E-state index is 5.80. The zero-order valence-electron chi connectivity index (χ0n) is 5.99. The first-order valence-corrected chi connectivity index (χ1v) is 3.87. The quantitative estimate of drug-likeness (QED) is 0.554. The van der Waals surface area contributed by atoms with Crippen LogP contribution in [0.25, 0.3) is 0 Å². The summed E-state index contributed by atoms with van der Waals surface area (Å²) >= 11 is 11.0. The van der Waals surface area contributed by atoms with E-state index in [0.717, 1.165) is 16.3 Å². The molecule has 0 saturated carbocycles. The number of halogens is 2. The molecule has 11 heavy (non-hydrogen) atoms. The Morgan fingerprint density at radius 2 is 2.09 bits per heavy atom. The van der Waals surface area contributed by atoms with E-state index in [1.54, 1.807) is 0 Å². The Bertz CT molecular complexity index is 250. The lowest BCUT2D eigenvalue weighted by molar-refractivity contribution is 1.20. The van der Waals surface area contributed by atoms with Crippen LogP contribution in [0.15, 0.2) is 18.2 Å². The lowest BCUT2D eigenvalue weighted by Gasteiger charge is -2.03. The van der Waals surface area contributed by atoms with Gasteiger partial charge < -0.3 is 5.43 Å². The van der Waals surface area contributed by atoms with E-state index in [1.165, 1.54) is 0 Å². The third kappa shape index (κ3) is 2.26. The summed E-state index contributed by atoms with van der Waals surface area (Å²) in [6.45, 7) is 1.93. The highest BCUT2D eigenvalue weighted by atomic mass is 35.5. The van der Waals surface area contributed by atoms with Gasteiger partial charge in [-0.25, -0.2) is 0 Å². The molecular weight excluding hydrogens is 183 g/mol. The van der Waals surface area contributed by atoms with E-state index in [2.05, 4.69) is 10.4 Å². The van der Waals surface area contributed by atoms with Gasteiger partial charge in [0.15, 0.2) is 0 Å². The first-order valence-electron chi connectivity index (χ1n) is 3.12. The zero-order chi connectivity index (χ0) is 8.27. The van der Waals surface area contributed by atoms with E-state index in [4.69, 9.17) is 23.4 Å². The summed E-state index contributed by atoms with van der Waals surface area (Å²) in [7, 11) is 0. The van der Waals surface area contributed by atoms with Gasteiger partial charge in [-0.15, -0.1) is 4.94 Å². The molecule has 2 nitrogen and oxygen atoms in total. The van der Waals surface area contributed by atoms with E-state index in [9.17, 15) is 0 Å². The first kappa shape index (κ1) is 8.65. The lowest BCUT2D eigenvalue weighted by atomic mass is 10.2. The van der Waals surface area contributed by atoms with Gasteiger partial charge in [0.05, 0.1) is 5.69 Å². The molecule has 1 aromatic carbocycles. The topological polar surface area (TPSA) is 24.1 Å². The molecule has 0 fully saturated rings. The summed E-state index contributed by atoms with van der Waals surface area (Å²) in [5, 5.41) is 0.755. The van der Waals surface area contributed by atoms with Crippen LogP contribution in [-0.2, 0) is 0 Å².